The van der Waals surface area contributed by atoms with Gasteiger partial charge in [0.25, 0.3) is 15.8 Å². The number of benzene rings is 5. The third-order valence-electron chi connectivity index (χ3n) is 9.19. The van der Waals surface area contributed by atoms with Crippen LogP contribution in [0.15, 0.2) is 132 Å². The zero-order valence-corrected chi connectivity index (χ0v) is 34.0. The number of esters is 2. The summed E-state index contributed by atoms with van der Waals surface area (Å²) >= 11 is 0. The van der Waals surface area contributed by atoms with Gasteiger partial charge in [0.1, 0.15) is 17.2 Å². The van der Waals surface area contributed by atoms with Gasteiger partial charge in [-0.05, 0) is 106 Å². The smallest absolute Gasteiger partial charge is 0.323 e. The highest BCUT2D eigenvalue weighted by Gasteiger charge is 2.42. The molecule has 5 rings (SSSR count). The number of carbonyl (C=O) groups excluding carboxylic acids is 2. The van der Waals surface area contributed by atoms with Gasteiger partial charge in [0.2, 0.25) is 0 Å². The average Bonchev–Trinajstić information content (AvgIpc) is 3.16. The zero-order chi connectivity index (χ0) is 41.4. The molecule has 0 aliphatic heterocycles. The first-order valence-corrected chi connectivity index (χ1v) is 20.3. The molecule has 0 bridgehead atoms. The maximum atomic E-state index is 14.4. The van der Waals surface area contributed by atoms with Crippen LogP contribution in [0.5, 0.6) is 0 Å². The van der Waals surface area contributed by atoms with Crippen molar-refractivity contribution in [3.8, 4) is 0 Å². The van der Waals surface area contributed by atoms with Crippen LogP contribution >= 0.6 is 0 Å². The number of rotatable bonds is 16. The van der Waals surface area contributed by atoms with E-state index in [9.17, 15) is 28.1 Å². The van der Waals surface area contributed by atoms with E-state index >= 15 is 0 Å². The maximum Gasteiger partial charge on any atom is 0.323 e. The second kappa shape index (κ2) is 17.8. The van der Waals surface area contributed by atoms with Crippen molar-refractivity contribution < 1.29 is 36.6 Å². The van der Waals surface area contributed by atoms with Crippen molar-refractivity contribution in [3.05, 3.63) is 154 Å². The van der Waals surface area contributed by atoms with Gasteiger partial charge in [-0.2, -0.15) is 8.42 Å². The first-order chi connectivity index (χ1) is 26.9. The molecule has 0 amide bonds. The Morgan fingerprint density at radius 2 is 1.18 bits per heavy atom. The number of ether oxygens (including phenoxy) is 2. The van der Waals surface area contributed by atoms with Crippen molar-refractivity contribution in [3.63, 3.8) is 0 Å². The highest BCUT2D eigenvalue weighted by atomic mass is 32.2. The molecule has 0 radical (unpaired) electrons. The van der Waals surface area contributed by atoms with Gasteiger partial charge in [-0.15, -0.1) is 0 Å². The Labute approximate surface area is 334 Å². The summed E-state index contributed by atoms with van der Waals surface area (Å²) in [6, 6.07) is 36.6. The fourth-order valence-electron chi connectivity index (χ4n) is 6.71. The lowest BCUT2D eigenvalue weighted by atomic mass is 9.76. The molecular weight excluding hydrogens is 745 g/mol. The number of fused-ring (bicyclic) bond motifs is 1. The van der Waals surface area contributed by atoms with Crippen molar-refractivity contribution in [2.75, 3.05) is 6.61 Å². The van der Waals surface area contributed by atoms with E-state index in [1.807, 2.05) is 91.0 Å². The standard InChI is InChI=1S/C45H50N2O9S/c1-43(2,3)55-41(48)33(17-16-28-54-57(52,53)39-27-25-32-24-26-38(47(50)51)29-34(32)30-39)31-40(42(49)56-44(4,5)6)46-45(35-18-10-7-11-19-35,36-20-12-8-13-21-36)37-22-14-9-15-23-37/h7-15,18-27,29-30,33,40,46H,16-17,28,31H2,1-6H3/t33-,40-/m0/s1. The molecule has 0 saturated heterocycles. The van der Waals surface area contributed by atoms with Crippen LogP contribution in [0.3, 0.4) is 0 Å². The minimum Gasteiger partial charge on any atom is -0.460 e. The number of nitro groups is 1. The van der Waals surface area contributed by atoms with Crippen LogP contribution in [0.25, 0.3) is 10.8 Å². The Morgan fingerprint density at radius 1 is 0.684 bits per heavy atom. The fourth-order valence-corrected chi connectivity index (χ4v) is 7.69. The van der Waals surface area contributed by atoms with Gasteiger partial charge in [-0.3, -0.25) is 29.2 Å². The van der Waals surface area contributed by atoms with E-state index in [2.05, 4.69) is 5.32 Å². The van der Waals surface area contributed by atoms with Crippen LogP contribution in [0, 0.1) is 16.0 Å². The van der Waals surface area contributed by atoms with Crippen LogP contribution in [-0.2, 0) is 38.9 Å². The zero-order valence-electron chi connectivity index (χ0n) is 33.1. The Bertz CT molecular complexity index is 2170. The number of carbonyl (C=O) groups is 2. The van der Waals surface area contributed by atoms with Gasteiger partial charge >= 0.3 is 11.9 Å². The molecule has 5 aromatic carbocycles. The lowest BCUT2D eigenvalue weighted by Gasteiger charge is -2.40. The van der Waals surface area contributed by atoms with Crippen LogP contribution in [-0.4, -0.2) is 49.1 Å². The van der Waals surface area contributed by atoms with Gasteiger partial charge < -0.3 is 9.47 Å². The number of nitro benzene ring substituents is 1. The molecule has 11 nitrogen and oxygen atoms in total. The van der Waals surface area contributed by atoms with E-state index in [1.165, 1.54) is 24.3 Å². The van der Waals surface area contributed by atoms with Crippen LogP contribution in [0.4, 0.5) is 5.69 Å². The molecule has 57 heavy (non-hydrogen) atoms. The SMILES string of the molecule is CC(C)(C)OC(=O)[C@@H](CCCOS(=O)(=O)c1ccc2ccc([N+](=O)[O-])cc2c1)C[C@H](NC(c1ccccc1)(c1ccccc1)c1ccccc1)C(=O)OC(C)(C)C. The molecule has 5 aromatic rings. The second-order valence-corrected chi connectivity index (χ2v) is 17.5. The lowest BCUT2D eigenvalue weighted by Crippen LogP contribution is -2.54. The van der Waals surface area contributed by atoms with E-state index in [4.69, 9.17) is 13.7 Å². The molecule has 300 valence electrons. The highest BCUT2D eigenvalue weighted by molar-refractivity contribution is 7.86. The van der Waals surface area contributed by atoms with Gasteiger partial charge in [-0.25, -0.2) is 0 Å². The summed E-state index contributed by atoms with van der Waals surface area (Å²) in [5.74, 6) is -2.01. The van der Waals surface area contributed by atoms with E-state index in [-0.39, 0.29) is 36.5 Å². The summed E-state index contributed by atoms with van der Waals surface area (Å²) in [6.07, 6.45) is 0.184. The minimum atomic E-state index is -4.28. The summed E-state index contributed by atoms with van der Waals surface area (Å²) in [5, 5.41) is 16.0. The number of non-ortho nitro benzene ring substituents is 1. The van der Waals surface area contributed by atoms with Gasteiger partial charge in [0.05, 0.1) is 27.9 Å². The molecule has 0 aliphatic rings. The molecule has 12 heteroatoms. The van der Waals surface area contributed by atoms with E-state index in [1.54, 1.807) is 53.7 Å². The minimum absolute atomic E-state index is 0.0473. The molecular formula is C45H50N2O9S. The topological polar surface area (TPSA) is 151 Å². The summed E-state index contributed by atoms with van der Waals surface area (Å²) < 4.78 is 43.9. The predicted molar refractivity (Wildman–Crippen MR) is 219 cm³/mol. The van der Waals surface area contributed by atoms with Gasteiger partial charge in [-0.1, -0.05) is 97.1 Å². The summed E-state index contributed by atoms with van der Waals surface area (Å²) in [5.41, 5.74) is -0.398. The van der Waals surface area contributed by atoms with Crippen molar-refractivity contribution in [1.82, 2.24) is 5.32 Å². The van der Waals surface area contributed by atoms with Gasteiger partial charge in [0, 0.05) is 12.1 Å². The summed E-state index contributed by atoms with van der Waals surface area (Å²) in [4.78, 5) is 38.9. The van der Waals surface area contributed by atoms with Crippen LogP contribution in [0.1, 0.15) is 77.5 Å². The largest absolute Gasteiger partial charge is 0.460 e. The molecule has 2 atom stereocenters. The fraction of sp³-hybridized carbons (Fsp3) is 0.333. The Hall–Kier alpha value is -5.43. The lowest BCUT2D eigenvalue weighted by molar-refractivity contribution is -0.384. The quantitative estimate of drug-likeness (QED) is 0.0256. The van der Waals surface area contributed by atoms with Crippen LogP contribution in [0.2, 0.25) is 0 Å². The summed E-state index contributed by atoms with van der Waals surface area (Å²) in [6.45, 7) is 10.3. The van der Waals surface area contributed by atoms with E-state index in [0.29, 0.717) is 10.8 Å². The maximum absolute atomic E-state index is 14.4. The number of hydrogen-bond donors (Lipinski definition) is 1. The monoisotopic (exact) mass is 794 g/mol. The van der Waals surface area contributed by atoms with Crippen molar-refractivity contribution in [2.45, 2.75) is 88.5 Å². The average molecular weight is 795 g/mol. The van der Waals surface area contributed by atoms with Gasteiger partial charge in [0.15, 0.2) is 0 Å². The third-order valence-corrected chi connectivity index (χ3v) is 10.5. The molecule has 1 N–H and O–H groups in total. The number of nitrogens with zero attached hydrogens (tertiary/aromatic N) is 1. The first-order valence-electron chi connectivity index (χ1n) is 18.9. The Morgan fingerprint density at radius 3 is 1.67 bits per heavy atom. The first kappa shape index (κ1) is 42.7. The number of nitrogens with one attached hydrogen (secondary N) is 1. The molecule has 0 aromatic heterocycles. The van der Waals surface area contributed by atoms with E-state index < -0.39 is 55.7 Å². The van der Waals surface area contributed by atoms with Crippen molar-refractivity contribution in [1.29, 1.82) is 0 Å². The molecule has 0 aliphatic carbocycles. The number of hydrogen-bond acceptors (Lipinski definition) is 10. The molecule has 0 heterocycles. The summed E-state index contributed by atoms with van der Waals surface area (Å²) in [7, 11) is -4.28. The highest BCUT2D eigenvalue weighted by Crippen LogP contribution is 2.38. The van der Waals surface area contributed by atoms with E-state index in [0.717, 1.165) is 16.7 Å². The Balaban J connectivity index is 1.48. The molecule has 0 fully saturated rings. The van der Waals surface area contributed by atoms with Crippen molar-refractivity contribution in [2.24, 2.45) is 5.92 Å². The van der Waals surface area contributed by atoms with Crippen molar-refractivity contribution >= 4 is 38.5 Å². The Kier molecular flexibility index (Phi) is 13.3. The normalized spacial score (nSPS) is 13.4. The predicted octanol–water partition coefficient (Wildman–Crippen LogP) is 8.87. The molecule has 0 saturated carbocycles. The molecule has 0 spiro atoms. The van der Waals surface area contributed by atoms with Crippen LogP contribution < -0.4 is 5.32 Å². The molecule has 0 unspecified atom stereocenters. The second-order valence-electron chi connectivity index (χ2n) is 15.9. The third kappa shape index (κ3) is 11.1.